The topological polar surface area (TPSA) is 66.5 Å². The Kier molecular flexibility index (Phi) is 3.77. The summed E-state index contributed by atoms with van der Waals surface area (Å²) in [5, 5.41) is 17.7. The first kappa shape index (κ1) is 12.8. The first-order valence-electron chi connectivity index (χ1n) is 4.63. The van der Waals surface area contributed by atoms with Gasteiger partial charge in [0.25, 0.3) is 0 Å². The van der Waals surface area contributed by atoms with Gasteiger partial charge in [0.15, 0.2) is 0 Å². The Morgan fingerprint density at radius 3 is 2.44 bits per heavy atom. The smallest absolute Gasteiger partial charge is 0.416 e. The molecule has 0 amide bonds. The third-order valence-corrected chi connectivity index (χ3v) is 2.18. The zero-order valence-electron chi connectivity index (χ0n) is 8.33. The second-order valence-corrected chi connectivity index (χ2v) is 3.39. The van der Waals surface area contributed by atoms with Gasteiger partial charge in [0.05, 0.1) is 5.56 Å². The fourth-order valence-electron chi connectivity index (χ4n) is 1.41. The Hall–Kier alpha value is -1.27. The third-order valence-electron chi connectivity index (χ3n) is 2.18. The predicted molar refractivity (Wildman–Crippen MR) is 51.7 cm³/mol. The third kappa shape index (κ3) is 2.86. The normalized spacial score (nSPS) is 13.8. The zero-order valence-corrected chi connectivity index (χ0v) is 8.33. The first-order chi connectivity index (χ1) is 7.36. The molecule has 1 aromatic rings. The number of benzene rings is 1. The first-order valence-corrected chi connectivity index (χ1v) is 4.63. The summed E-state index contributed by atoms with van der Waals surface area (Å²) in [6.07, 6.45) is -4.53. The van der Waals surface area contributed by atoms with Crippen LogP contribution in [0.15, 0.2) is 18.2 Å². The van der Waals surface area contributed by atoms with Gasteiger partial charge in [-0.3, -0.25) is 0 Å². The van der Waals surface area contributed by atoms with E-state index in [1.165, 1.54) is 0 Å². The summed E-state index contributed by atoms with van der Waals surface area (Å²) in [5.74, 6) is -0.465. The minimum Gasteiger partial charge on any atom is -0.508 e. The van der Waals surface area contributed by atoms with Crippen molar-refractivity contribution in [3.63, 3.8) is 0 Å². The summed E-state index contributed by atoms with van der Waals surface area (Å²) in [5.41, 5.74) is 4.42. The van der Waals surface area contributed by atoms with E-state index in [0.717, 1.165) is 12.1 Å². The lowest BCUT2D eigenvalue weighted by Crippen LogP contribution is -2.18. The van der Waals surface area contributed by atoms with E-state index in [2.05, 4.69) is 0 Å². The molecule has 0 spiro atoms. The molecule has 0 saturated heterocycles. The highest BCUT2D eigenvalue weighted by Gasteiger charge is 2.34. The molecule has 1 rings (SSSR count). The van der Waals surface area contributed by atoms with Crippen LogP contribution in [0.1, 0.15) is 23.6 Å². The van der Waals surface area contributed by atoms with E-state index in [4.69, 9.17) is 15.9 Å². The highest BCUT2D eigenvalue weighted by molar-refractivity contribution is 5.38. The largest absolute Gasteiger partial charge is 0.508 e. The standard InChI is InChI=1S/C10H12F3NO2/c11-10(12,13)8-5-6(16)1-2-7(8)9(14)3-4-15/h1-2,5,9,15-16H,3-4,14H2/t9-/m0/s1. The molecule has 0 aliphatic rings. The molecule has 0 aliphatic heterocycles. The number of phenolic OH excluding ortho intramolecular Hbond substituents is 1. The van der Waals surface area contributed by atoms with Gasteiger partial charge in [-0.2, -0.15) is 13.2 Å². The number of rotatable bonds is 3. The Bertz CT molecular complexity index is 366. The number of hydrogen-bond donors (Lipinski definition) is 3. The second-order valence-electron chi connectivity index (χ2n) is 3.39. The molecule has 16 heavy (non-hydrogen) atoms. The van der Waals surface area contributed by atoms with Crippen LogP contribution in [-0.4, -0.2) is 16.8 Å². The summed E-state index contributed by atoms with van der Waals surface area (Å²) in [6, 6.07) is 1.99. The van der Waals surface area contributed by atoms with Crippen LogP contribution in [0.4, 0.5) is 13.2 Å². The van der Waals surface area contributed by atoms with Crippen LogP contribution in [0.3, 0.4) is 0 Å². The molecular weight excluding hydrogens is 223 g/mol. The molecule has 0 unspecified atom stereocenters. The van der Waals surface area contributed by atoms with Gasteiger partial charge in [-0.25, -0.2) is 0 Å². The SMILES string of the molecule is N[C@@H](CCO)c1ccc(O)cc1C(F)(F)F. The van der Waals surface area contributed by atoms with Crippen molar-refractivity contribution in [1.82, 2.24) is 0 Å². The molecule has 0 saturated carbocycles. The van der Waals surface area contributed by atoms with Gasteiger partial charge < -0.3 is 15.9 Å². The van der Waals surface area contributed by atoms with Gasteiger partial charge in [0.1, 0.15) is 5.75 Å². The number of hydrogen-bond acceptors (Lipinski definition) is 3. The average Bonchev–Trinajstić information content (AvgIpc) is 2.16. The molecule has 6 heteroatoms. The van der Waals surface area contributed by atoms with Crippen LogP contribution in [-0.2, 0) is 6.18 Å². The molecule has 4 N–H and O–H groups in total. The minimum atomic E-state index is -4.57. The maximum Gasteiger partial charge on any atom is 0.416 e. The van der Waals surface area contributed by atoms with Gasteiger partial charge in [-0.05, 0) is 24.1 Å². The van der Waals surface area contributed by atoms with Crippen molar-refractivity contribution in [3.8, 4) is 5.75 Å². The minimum absolute atomic E-state index is 0.0356. The van der Waals surface area contributed by atoms with Crippen LogP contribution in [0.25, 0.3) is 0 Å². The quantitative estimate of drug-likeness (QED) is 0.748. The number of phenols is 1. The van der Waals surface area contributed by atoms with Crippen molar-refractivity contribution in [1.29, 1.82) is 0 Å². The summed E-state index contributed by atoms with van der Waals surface area (Å²) in [6.45, 7) is -0.292. The van der Waals surface area contributed by atoms with E-state index in [0.29, 0.717) is 6.07 Å². The fourth-order valence-corrected chi connectivity index (χ4v) is 1.41. The molecule has 3 nitrogen and oxygen atoms in total. The zero-order chi connectivity index (χ0) is 12.3. The monoisotopic (exact) mass is 235 g/mol. The maximum atomic E-state index is 12.6. The van der Waals surface area contributed by atoms with E-state index in [9.17, 15) is 13.2 Å². The highest BCUT2D eigenvalue weighted by atomic mass is 19.4. The van der Waals surface area contributed by atoms with E-state index >= 15 is 0 Å². The van der Waals surface area contributed by atoms with Crippen molar-refractivity contribution >= 4 is 0 Å². The molecule has 1 atom stereocenters. The Morgan fingerprint density at radius 1 is 1.31 bits per heavy atom. The Labute approximate surface area is 90.3 Å². The number of aliphatic hydroxyl groups excluding tert-OH is 1. The Balaban J connectivity index is 3.18. The summed E-state index contributed by atoms with van der Waals surface area (Å²) in [7, 11) is 0. The van der Waals surface area contributed by atoms with Crippen molar-refractivity contribution in [2.24, 2.45) is 5.73 Å². The van der Waals surface area contributed by atoms with Crippen LogP contribution in [0, 0.1) is 0 Å². The number of aromatic hydroxyl groups is 1. The van der Waals surface area contributed by atoms with E-state index in [-0.39, 0.29) is 18.6 Å². The highest BCUT2D eigenvalue weighted by Crippen LogP contribution is 2.36. The van der Waals surface area contributed by atoms with Gasteiger partial charge in [0.2, 0.25) is 0 Å². The molecular formula is C10H12F3NO2. The van der Waals surface area contributed by atoms with E-state index in [1.54, 1.807) is 0 Å². The maximum absolute atomic E-state index is 12.6. The van der Waals surface area contributed by atoms with Crippen molar-refractivity contribution < 1.29 is 23.4 Å². The number of alkyl halides is 3. The molecule has 90 valence electrons. The van der Waals surface area contributed by atoms with E-state index in [1.807, 2.05) is 0 Å². The van der Waals surface area contributed by atoms with Crippen molar-refractivity contribution in [3.05, 3.63) is 29.3 Å². The second kappa shape index (κ2) is 4.71. The molecule has 0 heterocycles. The molecule has 0 radical (unpaired) electrons. The Morgan fingerprint density at radius 2 is 1.94 bits per heavy atom. The van der Waals surface area contributed by atoms with Crippen LogP contribution in [0.5, 0.6) is 5.75 Å². The molecule has 0 bridgehead atoms. The number of halogens is 3. The fraction of sp³-hybridized carbons (Fsp3) is 0.400. The van der Waals surface area contributed by atoms with Crippen LogP contribution >= 0.6 is 0 Å². The van der Waals surface area contributed by atoms with Crippen molar-refractivity contribution in [2.75, 3.05) is 6.61 Å². The predicted octanol–water partition coefficient (Wildman–Crippen LogP) is 1.79. The van der Waals surface area contributed by atoms with Crippen LogP contribution < -0.4 is 5.73 Å². The average molecular weight is 235 g/mol. The summed E-state index contributed by atoms with van der Waals surface area (Å²) >= 11 is 0. The van der Waals surface area contributed by atoms with E-state index < -0.39 is 23.5 Å². The van der Waals surface area contributed by atoms with Crippen molar-refractivity contribution in [2.45, 2.75) is 18.6 Å². The number of aliphatic hydroxyl groups is 1. The molecule has 1 aromatic carbocycles. The molecule has 0 fully saturated rings. The lowest BCUT2D eigenvalue weighted by molar-refractivity contribution is -0.138. The molecule has 0 aromatic heterocycles. The summed E-state index contributed by atoms with van der Waals surface area (Å²) in [4.78, 5) is 0. The summed E-state index contributed by atoms with van der Waals surface area (Å²) < 4.78 is 37.8. The van der Waals surface area contributed by atoms with Gasteiger partial charge in [0, 0.05) is 12.6 Å². The van der Waals surface area contributed by atoms with Gasteiger partial charge in [-0.1, -0.05) is 6.07 Å². The lowest BCUT2D eigenvalue weighted by atomic mass is 9.98. The number of nitrogens with two attached hydrogens (primary N) is 1. The van der Waals surface area contributed by atoms with Crippen LogP contribution in [0.2, 0.25) is 0 Å². The molecule has 0 aliphatic carbocycles. The van der Waals surface area contributed by atoms with Gasteiger partial charge >= 0.3 is 6.18 Å². The van der Waals surface area contributed by atoms with Gasteiger partial charge in [-0.15, -0.1) is 0 Å². The lowest BCUT2D eigenvalue weighted by Gasteiger charge is -2.17.